The summed E-state index contributed by atoms with van der Waals surface area (Å²) in [7, 11) is 1.86. The molecule has 0 bridgehead atoms. The second kappa shape index (κ2) is 3.02. The minimum Gasteiger partial charge on any atom is -0.369 e. The zero-order valence-electron chi connectivity index (χ0n) is 8.57. The first-order chi connectivity index (χ1) is 7.77. The van der Waals surface area contributed by atoms with E-state index in [9.17, 15) is 0 Å². The lowest BCUT2D eigenvalue weighted by Gasteiger charge is -2.04. The van der Waals surface area contributed by atoms with Crippen LogP contribution in [0.25, 0.3) is 16.9 Å². The summed E-state index contributed by atoms with van der Waals surface area (Å²) in [6.45, 7) is 0. The van der Waals surface area contributed by atoms with Gasteiger partial charge in [0, 0.05) is 19.4 Å². The quantitative estimate of drug-likeness (QED) is 0.622. The van der Waals surface area contributed by atoms with Crippen molar-refractivity contribution in [2.75, 3.05) is 5.73 Å². The fourth-order valence-electron chi connectivity index (χ4n) is 1.66. The third-order valence-corrected chi connectivity index (χ3v) is 2.46. The second-order valence-corrected chi connectivity index (χ2v) is 3.39. The van der Waals surface area contributed by atoms with Crippen LogP contribution in [0.4, 0.5) is 5.95 Å². The number of anilines is 1. The highest BCUT2D eigenvalue weighted by atomic mass is 15.3. The van der Waals surface area contributed by atoms with Crippen LogP contribution in [-0.4, -0.2) is 29.4 Å². The number of nitrogens with zero attached hydrogens (tertiary/aromatic N) is 6. The molecule has 0 spiro atoms. The maximum absolute atomic E-state index is 5.71. The lowest BCUT2D eigenvalue weighted by Crippen LogP contribution is -2.02. The Morgan fingerprint density at radius 1 is 1.38 bits per heavy atom. The van der Waals surface area contributed by atoms with E-state index < -0.39 is 0 Å². The maximum atomic E-state index is 5.71. The van der Waals surface area contributed by atoms with Gasteiger partial charge in [-0.25, -0.2) is 4.98 Å². The average molecular weight is 215 g/mol. The molecule has 80 valence electrons. The molecular weight excluding hydrogens is 206 g/mol. The van der Waals surface area contributed by atoms with Crippen LogP contribution in [0.1, 0.15) is 0 Å². The molecule has 3 rings (SSSR count). The molecule has 3 heterocycles. The molecule has 0 aliphatic carbocycles. The Morgan fingerprint density at radius 2 is 2.25 bits per heavy atom. The van der Waals surface area contributed by atoms with E-state index in [1.165, 1.54) is 6.33 Å². The fraction of sp³-hybridized carbons (Fsp3) is 0.111. The summed E-state index contributed by atoms with van der Waals surface area (Å²) in [5, 5.41) is 12.0. The van der Waals surface area contributed by atoms with Gasteiger partial charge < -0.3 is 5.73 Å². The van der Waals surface area contributed by atoms with Crippen molar-refractivity contribution in [3.63, 3.8) is 0 Å². The minimum atomic E-state index is 0.367. The normalized spacial score (nSPS) is 11.1. The van der Waals surface area contributed by atoms with Crippen molar-refractivity contribution < 1.29 is 0 Å². The standard InChI is InChI=1S/C9H9N7/c1-15-7(2-3-13-15)6-4-11-9(10)16-5-12-14-8(6)16/h2-5H,1H3,(H2,10,11). The molecule has 0 aliphatic heterocycles. The van der Waals surface area contributed by atoms with Crippen LogP contribution >= 0.6 is 0 Å². The van der Waals surface area contributed by atoms with E-state index in [1.54, 1.807) is 21.5 Å². The van der Waals surface area contributed by atoms with Crippen molar-refractivity contribution in [3.05, 3.63) is 24.8 Å². The Balaban J connectivity index is 2.37. The molecule has 16 heavy (non-hydrogen) atoms. The number of hydrogen-bond donors (Lipinski definition) is 1. The van der Waals surface area contributed by atoms with Gasteiger partial charge in [-0.1, -0.05) is 0 Å². The summed E-state index contributed by atoms with van der Waals surface area (Å²) in [6.07, 6.45) is 4.94. The average Bonchev–Trinajstić information content (AvgIpc) is 2.88. The smallest absolute Gasteiger partial charge is 0.207 e. The number of nitrogen functional groups attached to an aromatic ring is 1. The summed E-state index contributed by atoms with van der Waals surface area (Å²) in [6, 6.07) is 1.89. The topological polar surface area (TPSA) is 86.9 Å². The number of aromatic nitrogens is 6. The van der Waals surface area contributed by atoms with Crippen molar-refractivity contribution in [2.24, 2.45) is 7.05 Å². The molecule has 0 radical (unpaired) electrons. The van der Waals surface area contributed by atoms with Crippen LogP contribution < -0.4 is 5.73 Å². The molecule has 0 atom stereocenters. The van der Waals surface area contributed by atoms with Gasteiger partial charge in [-0.2, -0.15) is 5.10 Å². The molecule has 0 amide bonds. The van der Waals surface area contributed by atoms with Crippen molar-refractivity contribution in [1.29, 1.82) is 0 Å². The summed E-state index contributed by atoms with van der Waals surface area (Å²) in [5.41, 5.74) is 8.16. The van der Waals surface area contributed by atoms with Crippen molar-refractivity contribution in [1.82, 2.24) is 29.4 Å². The summed E-state index contributed by atoms with van der Waals surface area (Å²) >= 11 is 0. The molecule has 2 N–H and O–H groups in total. The van der Waals surface area contributed by atoms with Gasteiger partial charge in [0.2, 0.25) is 5.95 Å². The summed E-state index contributed by atoms with van der Waals surface area (Å²) in [5.74, 6) is 0.367. The van der Waals surface area contributed by atoms with Crippen LogP contribution in [0, 0.1) is 0 Å². The lowest BCUT2D eigenvalue weighted by molar-refractivity contribution is 0.775. The summed E-state index contributed by atoms with van der Waals surface area (Å²) in [4.78, 5) is 4.10. The van der Waals surface area contributed by atoms with Crippen LogP contribution in [0.15, 0.2) is 24.8 Å². The lowest BCUT2D eigenvalue weighted by atomic mass is 10.2. The Kier molecular flexibility index (Phi) is 1.67. The van der Waals surface area contributed by atoms with Crippen molar-refractivity contribution in [2.45, 2.75) is 0 Å². The molecule has 0 saturated carbocycles. The van der Waals surface area contributed by atoms with Gasteiger partial charge in [-0.05, 0) is 6.07 Å². The van der Waals surface area contributed by atoms with E-state index in [1.807, 2.05) is 13.1 Å². The number of aryl methyl sites for hydroxylation is 1. The van der Waals surface area contributed by atoms with E-state index in [-0.39, 0.29) is 0 Å². The number of fused-ring (bicyclic) bond motifs is 1. The Morgan fingerprint density at radius 3 is 3.00 bits per heavy atom. The molecular formula is C9H9N7. The predicted molar refractivity (Wildman–Crippen MR) is 57.4 cm³/mol. The number of rotatable bonds is 1. The third-order valence-electron chi connectivity index (χ3n) is 2.46. The number of nitrogens with two attached hydrogens (primary N) is 1. The molecule has 0 unspecified atom stereocenters. The highest BCUT2D eigenvalue weighted by molar-refractivity contribution is 5.74. The number of hydrogen-bond acceptors (Lipinski definition) is 5. The first kappa shape index (κ1) is 8.84. The van der Waals surface area contributed by atoms with E-state index in [4.69, 9.17) is 5.73 Å². The molecule has 0 fully saturated rings. The van der Waals surface area contributed by atoms with E-state index in [0.717, 1.165) is 11.3 Å². The van der Waals surface area contributed by atoms with E-state index >= 15 is 0 Å². The largest absolute Gasteiger partial charge is 0.369 e. The van der Waals surface area contributed by atoms with Gasteiger partial charge >= 0.3 is 0 Å². The first-order valence-electron chi connectivity index (χ1n) is 4.70. The van der Waals surface area contributed by atoms with Gasteiger partial charge in [0.1, 0.15) is 6.33 Å². The monoisotopic (exact) mass is 215 g/mol. The van der Waals surface area contributed by atoms with Gasteiger partial charge in [0.25, 0.3) is 0 Å². The fourth-order valence-corrected chi connectivity index (χ4v) is 1.66. The molecule has 3 aromatic rings. The molecule has 0 aromatic carbocycles. The highest BCUT2D eigenvalue weighted by Gasteiger charge is 2.11. The van der Waals surface area contributed by atoms with Gasteiger partial charge in [0.15, 0.2) is 5.65 Å². The molecule has 0 saturated heterocycles. The zero-order chi connectivity index (χ0) is 11.1. The first-order valence-corrected chi connectivity index (χ1v) is 4.70. The van der Waals surface area contributed by atoms with Gasteiger partial charge in [0.05, 0.1) is 11.3 Å². The van der Waals surface area contributed by atoms with Crippen LogP contribution in [-0.2, 0) is 7.05 Å². The summed E-state index contributed by atoms with van der Waals surface area (Å²) < 4.78 is 3.39. The second-order valence-electron chi connectivity index (χ2n) is 3.39. The van der Waals surface area contributed by atoms with Gasteiger partial charge in [-0.15, -0.1) is 10.2 Å². The van der Waals surface area contributed by atoms with Crippen molar-refractivity contribution in [3.8, 4) is 11.3 Å². The van der Waals surface area contributed by atoms with Crippen LogP contribution in [0.5, 0.6) is 0 Å². The van der Waals surface area contributed by atoms with Gasteiger partial charge in [-0.3, -0.25) is 9.08 Å². The molecule has 7 heteroatoms. The SMILES string of the molecule is Cn1nccc1-c1cnc(N)n2cnnc12. The minimum absolute atomic E-state index is 0.367. The Bertz CT molecular complexity index is 651. The third kappa shape index (κ3) is 1.08. The van der Waals surface area contributed by atoms with E-state index in [0.29, 0.717) is 11.6 Å². The maximum Gasteiger partial charge on any atom is 0.207 e. The van der Waals surface area contributed by atoms with Crippen LogP contribution in [0.2, 0.25) is 0 Å². The molecule has 3 aromatic heterocycles. The molecule has 0 aliphatic rings. The Hall–Kier alpha value is -2.44. The predicted octanol–water partition coefficient (Wildman–Crippen LogP) is 0.107. The zero-order valence-corrected chi connectivity index (χ0v) is 8.57. The van der Waals surface area contributed by atoms with Crippen molar-refractivity contribution >= 4 is 11.6 Å². The molecule has 7 nitrogen and oxygen atoms in total. The Labute approximate surface area is 90.5 Å². The van der Waals surface area contributed by atoms with E-state index in [2.05, 4.69) is 20.3 Å². The highest BCUT2D eigenvalue weighted by Crippen LogP contribution is 2.22. The van der Waals surface area contributed by atoms with Crippen LogP contribution in [0.3, 0.4) is 0 Å².